The van der Waals surface area contributed by atoms with Gasteiger partial charge in [0.15, 0.2) is 0 Å². The third-order valence-electron chi connectivity index (χ3n) is 6.65. The lowest BCUT2D eigenvalue weighted by Crippen LogP contribution is -2.34. The van der Waals surface area contributed by atoms with Gasteiger partial charge in [0.2, 0.25) is 0 Å². The molecule has 2 aromatic carbocycles. The molecule has 9 heteroatoms. The molecule has 3 aromatic rings. The molecule has 37 heavy (non-hydrogen) atoms. The van der Waals surface area contributed by atoms with Crippen LogP contribution in [0, 0.1) is 0 Å². The molecule has 2 aliphatic heterocycles. The summed E-state index contributed by atoms with van der Waals surface area (Å²) in [6, 6.07) is 15.9. The van der Waals surface area contributed by atoms with Crippen LogP contribution in [0.5, 0.6) is 5.75 Å². The van der Waals surface area contributed by atoms with E-state index in [4.69, 9.17) is 16.3 Å². The first-order valence-corrected chi connectivity index (χ1v) is 13.0. The lowest BCUT2D eigenvalue weighted by atomic mass is 10.1. The molecule has 2 aliphatic rings. The summed E-state index contributed by atoms with van der Waals surface area (Å²) < 4.78 is 6.39. The van der Waals surface area contributed by atoms with Gasteiger partial charge in [0.25, 0.3) is 11.8 Å². The van der Waals surface area contributed by atoms with Crippen molar-refractivity contribution in [1.29, 1.82) is 0 Å². The number of carbonyl (C=O) groups is 2. The van der Waals surface area contributed by atoms with Crippen molar-refractivity contribution in [1.82, 2.24) is 10.3 Å². The number of anilines is 3. The quantitative estimate of drug-likeness (QED) is 0.408. The van der Waals surface area contributed by atoms with Crippen molar-refractivity contribution >= 4 is 40.6 Å². The molecule has 0 aliphatic carbocycles. The van der Waals surface area contributed by atoms with Gasteiger partial charge in [0, 0.05) is 31.0 Å². The third-order valence-corrected chi connectivity index (χ3v) is 6.87. The van der Waals surface area contributed by atoms with Crippen molar-refractivity contribution in [2.24, 2.45) is 0 Å². The van der Waals surface area contributed by atoms with Crippen LogP contribution in [0.25, 0.3) is 0 Å². The summed E-state index contributed by atoms with van der Waals surface area (Å²) in [7, 11) is 0. The van der Waals surface area contributed by atoms with E-state index in [1.54, 1.807) is 36.4 Å². The highest BCUT2D eigenvalue weighted by Crippen LogP contribution is 2.31. The van der Waals surface area contributed by atoms with E-state index in [1.165, 1.54) is 6.20 Å². The summed E-state index contributed by atoms with van der Waals surface area (Å²) in [4.78, 5) is 32.9. The molecule has 3 heterocycles. The van der Waals surface area contributed by atoms with E-state index in [9.17, 15) is 9.59 Å². The normalized spacial score (nSPS) is 15.9. The first-order chi connectivity index (χ1) is 18.1. The Labute approximate surface area is 221 Å². The Bertz CT molecular complexity index is 1250. The zero-order valence-electron chi connectivity index (χ0n) is 20.5. The first kappa shape index (κ1) is 25.0. The number of carbonyl (C=O) groups excluding carboxylic acids is 2. The first-order valence-electron chi connectivity index (χ1n) is 12.7. The fraction of sp³-hybridized carbons (Fsp3) is 0.321. The van der Waals surface area contributed by atoms with Crippen LogP contribution in [0.2, 0.25) is 5.02 Å². The molecule has 8 nitrogen and oxygen atoms in total. The number of nitrogens with one attached hydrogen (secondary N) is 3. The molecule has 0 saturated carbocycles. The predicted molar refractivity (Wildman–Crippen MR) is 146 cm³/mol. The van der Waals surface area contributed by atoms with Crippen molar-refractivity contribution in [2.75, 3.05) is 41.7 Å². The smallest absolute Gasteiger partial charge is 0.259 e. The molecule has 0 unspecified atom stereocenters. The topological polar surface area (TPSA) is 95.6 Å². The number of nitrogens with zero attached hydrogens (tertiary/aromatic N) is 2. The number of aromatic nitrogens is 1. The van der Waals surface area contributed by atoms with Crippen molar-refractivity contribution in [3.05, 3.63) is 76.9 Å². The minimum atomic E-state index is -0.388. The van der Waals surface area contributed by atoms with Crippen LogP contribution in [-0.4, -0.2) is 49.1 Å². The van der Waals surface area contributed by atoms with E-state index in [-0.39, 0.29) is 17.9 Å². The zero-order chi connectivity index (χ0) is 25.6. The van der Waals surface area contributed by atoms with Crippen LogP contribution < -0.4 is 25.6 Å². The summed E-state index contributed by atoms with van der Waals surface area (Å²) in [5.41, 5.74) is 2.22. The predicted octanol–water partition coefficient (Wildman–Crippen LogP) is 4.97. The van der Waals surface area contributed by atoms with E-state index >= 15 is 0 Å². The Hall–Kier alpha value is -3.62. The van der Waals surface area contributed by atoms with E-state index in [0.717, 1.165) is 57.5 Å². The summed E-state index contributed by atoms with van der Waals surface area (Å²) in [5, 5.41) is 9.49. The molecule has 192 valence electrons. The monoisotopic (exact) mass is 519 g/mol. The Morgan fingerprint density at radius 1 is 0.946 bits per heavy atom. The Morgan fingerprint density at radius 3 is 2.46 bits per heavy atom. The lowest BCUT2D eigenvalue weighted by molar-refractivity contribution is 0.101. The van der Waals surface area contributed by atoms with Gasteiger partial charge in [-0.3, -0.25) is 9.59 Å². The van der Waals surface area contributed by atoms with Crippen molar-refractivity contribution in [3.8, 4) is 5.75 Å². The summed E-state index contributed by atoms with van der Waals surface area (Å²) in [6.07, 6.45) is 5.61. The molecule has 0 spiro atoms. The Kier molecular flexibility index (Phi) is 7.87. The maximum Gasteiger partial charge on any atom is 0.259 e. The van der Waals surface area contributed by atoms with Crippen LogP contribution in [0.15, 0.2) is 60.8 Å². The van der Waals surface area contributed by atoms with E-state index in [0.29, 0.717) is 33.4 Å². The molecular formula is C28H30ClN5O3. The molecule has 2 saturated heterocycles. The van der Waals surface area contributed by atoms with Gasteiger partial charge in [-0.05, 0) is 75.2 Å². The number of benzene rings is 2. The average molecular weight is 520 g/mol. The highest BCUT2D eigenvalue weighted by molar-refractivity contribution is 6.30. The van der Waals surface area contributed by atoms with E-state index in [2.05, 4.69) is 25.8 Å². The van der Waals surface area contributed by atoms with Crippen LogP contribution in [0.4, 0.5) is 17.2 Å². The maximum absolute atomic E-state index is 13.5. The fourth-order valence-electron chi connectivity index (χ4n) is 4.67. The van der Waals surface area contributed by atoms with Crippen molar-refractivity contribution in [2.45, 2.75) is 31.8 Å². The minimum absolute atomic E-state index is 0.0477. The largest absolute Gasteiger partial charge is 0.489 e. The molecule has 5 rings (SSSR count). The highest BCUT2D eigenvalue weighted by atomic mass is 35.5. The third kappa shape index (κ3) is 6.21. The Morgan fingerprint density at radius 2 is 1.70 bits per heavy atom. The molecule has 0 atom stereocenters. The highest BCUT2D eigenvalue weighted by Gasteiger charge is 2.23. The van der Waals surface area contributed by atoms with Gasteiger partial charge >= 0.3 is 0 Å². The number of rotatable bonds is 7. The van der Waals surface area contributed by atoms with Gasteiger partial charge < -0.3 is 25.6 Å². The minimum Gasteiger partial charge on any atom is -0.489 e. The number of hydrogen-bond acceptors (Lipinski definition) is 6. The zero-order valence-corrected chi connectivity index (χ0v) is 21.3. The lowest BCUT2D eigenvalue weighted by Gasteiger charge is -2.26. The van der Waals surface area contributed by atoms with Gasteiger partial charge in [0.05, 0.1) is 21.8 Å². The average Bonchev–Trinajstić information content (AvgIpc) is 3.46. The van der Waals surface area contributed by atoms with Crippen molar-refractivity contribution in [3.63, 3.8) is 0 Å². The summed E-state index contributed by atoms with van der Waals surface area (Å²) in [6.45, 7) is 3.79. The summed E-state index contributed by atoms with van der Waals surface area (Å²) >= 11 is 5.89. The summed E-state index contributed by atoms with van der Waals surface area (Å²) in [5.74, 6) is 0.217. The standard InChI is InChI=1S/C28H30ClN5O3/c29-19-7-10-26(31-18-19)33-27(35)22-5-1-2-6-24(22)32-28(36)23-9-8-20(34-15-3-4-16-34)17-25(23)37-21-11-13-30-14-12-21/h1-2,5-10,17-18,21,30H,3-4,11-16H2,(H,32,36)(H,31,33,35). The number of pyridine rings is 1. The van der Waals surface area contributed by atoms with Crippen LogP contribution >= 0.6 is 11.6 Å². The molecular weight excluding hydrogens is 490 g/mol. The maximum atomic E-state index is 13.5. The van der Waals surface area contributed by atoms with Crippen LogP contribution in [0.3, 0.4) is 0 Å². The SMILES string of the molecule is O=C(Nc1ccc(Cl)cn1)c1ccccc1NC(=O)c1ccc(N2CCCC2)cc1OC1CCNCC1. The molecule has 2 amide bonds. The number of para-hydroxylation sites is 1. The number of hydrogen-bond donors (Lipinski definition) is 3. The van der Waals surface area contributed by atoms with Crippen LogP contribution in [-0.2, 0) is 0 Å². The fourth-order valence-corrected chi connectivity index (χ4v) is 4.79. The molecule has 2 fully saturated rings. The second-order valence-corrected chi connectivity index (χ2v) is 9.69. The van der Waals surface area contributed by atoms with Crippen LogP contribution in [0.1, 0.15) is 46.4 Å². The second-order valence-electron chi connectivity index (χ2n) is 9.26. The van der Waals surface area contributed by atoms with Gasteiger partial charge in [0.1, 0.15) is 17.7 Å². The number of piperidine rings is 1. The van der Waals surface area contributed by atoms with E-state index in [1.807, 2.05) is 18.2 Å². The molecule has 1 aromatic heterocycles. The molecule has 0 radical (unpaired) electrons. The van der Waals surface area contributed by atoms with Gasteiger partial charge in [-0.25, -0.2) is 4.98 Å². The number of halogens is 1. The van der Waals surface area contributed by atoms with Gasteiger partial charge in [-0.1, -0.05) is 23.7 Å². The second kappa shape index (κ2) is 11.6. The van der Waals surface area contributed by atoms with E-state index < -0.39 is 0 Å². The molecule has 0 bridgehead atoms. The van der Waals surface area contributed by atoms with Gasteiger partial charge in [-0.15, -0.1) is 0 Å². The molecule has 3 N–H and O–H groups in total. The van der Waals surface area contributed by atoms with Crippen molar-refractivity contribution < 1.29 is 14.3 Å². The number of ether oxygens (including phenoxy) is 1. The van der Waals surface area contributed by atoms with Gasteiger partial charge in [-0.2, -0.15) is 0 Å². The number of amides is 2. The Balaban J connectivity index is 1.38.